The minimum Gasteiger partial charge on any atom is -0.507 e. The highest BCUT2D eigenvalue weighted by Gasteiger charge is 2.28. The summed E-state index contributed by atoms with van der Waals surface area (Å²) in [6, 6.07) is 5.02. The van der Waals surface area contributed by atoms with Gasteiger partial charge in [0.25, 0.3) is 0 Å². The number of carbonyl (C=O) groups is 2. The van der Waals surface area contributed by atoms with Crippen LogP contribution in [-0.4, -0.2) is 47.9 Å². The topological polar surface area (TPSA) is 76.1 Å². The SMILES string of the molecule is COC(=O)c1ccc(C2CCN(C(=O)OC(C)(C)C)CC2)cc1O. The summed E-state index contributed by atoms with van der Waals surface area (Å²) in [6.07, 6.45) is 1.29. The third kappa shape index (κ3) is 4.40. The number of hydrogen-bond donors (Lipinski definition) is 1. The molecule has 24 heavy (non-hydrogen) atoms. The van der Waals surface area contributed by atoms with Crippen molar-refractivity contribution in [3.63, 3.8) is 0 Å². The van der Waals surface area contributed by atoms with Crippen molar-refractivity contribution < 1.29 is 24.2 Å². The molecule has 132 valence electrons. The summed E-state index contributed by atoms with van der Waals surface area (Å²) in [5, 5.41) is 10.0. The third-order valence-corrected chi connectivity index (χ3v) is 4.05. The van der Waals surface area contributed by atoms with Gasteiger partial charge in [0.05, 0.1) is 7.11 Å². The quantitative estimate of drug-likeness (QED) is 0.839. The maximum atomic E-state index is 12.1. The van der Waals surface area contributed by atoms with Crippen LogP contribution in [0.2, 0.25) is 0 Å². The van der Waals surface area contributed by atoms with Gasteiger partial charge in [-0.1, -0.05) is 6.07 Å². The van der Waals surface area contributed by atoms with Crippen molar-refractivity contribution in [2.75, 3.05) is 20.2 Å². The number of amides is 1. The molecule has 0 atom stereocenters. The predicted octanol–water partition coefficient (Wildman–Crippen LogP) is 3.29. The Morgan fingerprint density at radius 2 is 1.83 bits per heavy atom. The highest BCUT2D eigenvalue weighted by Crippen LogP contribution is 2.32. The van der Waals surface area contributed by atoms with Crippen LogP contribution in [0.1, 0.15) is 55.5 Å². The van der Waals surface area contributed by atoms with Gasteiger partial charge in [0.2, 0.25) is 0 Å². The van der Waals surface area contributed by atoms with Crippen LogP contribution in [0.4, 0.5) is 4.79 Å². The molecule has 0 saturated carbocycles. The van der Waals surface area contributed by atoms with Crippen molar-refractivity contribution >= 4 is 12.1 Å². The number of ether oxygens (including phenoxy) is 2. The lowest BCUT2D eigenvalue weighted by Gasteiger charge is -2.33. The van der Waals surface area contributed by atoms with Crippen molar-refractivity contribution in [1.82, 2.24) is 4.90 Å². The fourth-order valence-corrected chi connectivity index (χ4v) is 2.81. The first-order valence-corrected chi connectivity index (χ1v) is 8.10. The second kappa shape index (κ2) is 7.11. The van der Waals surface area contributed by atoms with Crippen LogP contribution in [0.5, 0.6) is 5.75 Å². The van der Waals surface area contributed by atoms with Crippen LogP contribution >= 0.6 is 0 Å². The molecule has 1 aliphatic heterocycles. The van der Waals surface area contributed by atoms with Crippen LogP contribution in [0.15, 0.2) is 18.2 Å². The van der Waals surface area contributed by atoms with Crippen molar-refractivity contribution in [2.24, 2.45) is 0 Å². The standard InChI is InChI=1S/C18H25NO5/c1-18(2,3)24-17(22)19-9-7-12(8-10-19)13-5-6-14(15(20)11-13)16(21)23-4/h5-6,11-12,20H,7-10H2,1-4H3. The molecule has 0 unspecified atom stereocenters. The molecular formula is C18H25NO5. The number of benzene rings is 1. The Morgan fingerprint density at radius 3 is 2.33 bits per heavy atom. The number of rotatable bonds is 2. The summed E-state index contributed by atoms with van der Waals surface area (Å²) in [5.41, 5.74) is 0.625. The van der Waals surface area contributed by atoms with Gasteiger partial charge in [0.15, 0.2) is 0 Å². The van der Waals surface area contributed by atoms with Crippen molar-refractivity contribution in [3.8, 4) is 5.75 Å². The Morgan fingerprint density at radius 1 is 1.21 bits per heavy atom. The molecule has 6 heteroatoms. The Bertz CT molecular complexity index is 612. The maximum Gasteiger partial charge on any atom is 0.410 e. The van der Waals surface area contributed by atoms with Gasteiger partial charge >= 0.3 is 12.1 Å². The minimum absolute atomic E-state index is 0.0751. The monoisotopic (exact) mass is 335 g/mol. The van der Waals surface area contributed by atoms with Crippen LogP contribution < -0.4 is 0 Å². The molecule has 1 N–H and O–H groups in total. The van der Waals surface area contributed by atoms with Gasteiger partial charge in [-0.15, -0.1) is 0 Å². The fraction of sp³-hybridized carbons (Fsp3) is 0.556. The summed E-state index contributed by atoms with van der Waals surface area (Å²) in [6.45, 7) is 6.77. The number of phenols is 1. The van der Waals surface area contributed by atoms with Crippen LogP contribution in [0.3, 0.4) is 0 Å². The molecule has 0 aliphatic carbocycles. The number of piperidine rings is 1. The number of hydrogen-bond acceptors (Lipinski definition) is 5. The average Bonchev–Trinajstić information content (AvgIpc) is 2.52. The molecule has 1 aromatic rings. The highest BCUT2D eigenvalue weighted by atomic mass is 16.6. The lowest BCUT2D eigenvalue weighted by molar-refractivity contribution is 0.0204. The number of methoxy groups -OCH3 is 1. The Balaban J connectivity index is 1.98. The van der Waals surface area contributed by atoms with Crippen LogP contribution in [0.25, 0.3) is 0 Å². The minimum atomic E-state index is -0.557. The number of nitrogens with zero attached hydrogens (tertiary/aromatic N) is 1. The van der Waals surface area contributed by atoms with Crippen LogP contribution in [0, 0.1) is 0 Å². The first-order chi connectivity index (χ1) is 11.2. The van der Waals surface area contributed by atoms with E-state index in [9.17, 15) is 14.7 Å². The predicted molar refractivity (Wildman–Crippen MR) is 89.2 cm³/mol. The van der Waals surface area contributed by atoms with E-state index in [1.54, 1.807) is 17.0 Å². The normalized spacial score (nSPS) is 15.9. The zero-order chi connectivity index (χ0) is 17.9. The van der Waals surface area contributed by atoms with E-state index >= 15 is 0 Å². The summed E-state index contributed by atoms with van der Waals surface area (Å²) < 4.78 is 10.0. The number of carbonyl (C=O) groups excluding carboxylic acids is 2. The van der Waals surface area contributed by atoms with Gasteiger partial charge in [-0.25, -0.2) is 9.59 Å². The summed E-state index contributed by atoms with van der Waals surface area (Å²) in [7, 11) is 1.28. The first kappa shape index (κ1) is 18.1. The fourth-order valence-electron chi connectivity index (χ4n) is 2.81. The first-order valence-electron chi connectivity index (χ1n) is 8.10. The molecular weight excluding hydrogens is 310 g/mol. The summed E-state index contributed by atoms with van der Waals surface area (Å²) in [4.78, 5) is 25.3. The van der Waals surface area contributed by atoms with E-state index in [1.165, 1.54) is 7.11 Å². The molecule has 1 heterocycles. The van der Waals surface area contributed by atoms with E-state index in [4.69, 9.17) is 4.74 Å². The molecule has 0 radical (unpaired) electrons. The van der Waals surface area contributed by atoms with Gasteiger partial charge in [-0.3, -0.25) is 0 Å². The Kier molecular flexibility index (Phi) is 5.36. The van der Waals surface area contributed by atoms with E-state index in [1.807, 2.05) is 26.8 Å². The van der Waals surface area contributed by atoms with E-state index in [2.05, 4.69) is 4.74 Å². The van der Waals surface area contributed by atoms with E-state index in [-0.39, 0.29) is 23.3 Å². The number of phenolic OH excluding ortho intramolecular Hbond substituents is 1. The van der Waals surface area contributed by atoms with Gasteiger partial charge in [-0.05, 0) is 57.2 Å². The molecule has 0 aromatic heterocycles. The zero-order valence-electron chi connectivity index (χ0n) is 14.7. The number of esters is 1. The Labute approximate surface area is 142 Å². The number of aromatic hydroxyl groups is 1. The lowest BCUT2D eigenvalue weighted by Crippen LogP contribution is -2.41. The van der Waals surface area contributed by atoms with Crippen molar-refractivity contribution in [3.05, 3.63) is 29.3 Å². The van der Waals surface area contributed by atoms with E-state index < -0.39 is 11.6 Å². The molecule has 1 saturated heterocycles. The van der Waals surface area contributed by atoms with Gasteiger partial charge in [0, 0.05) is 13.1 Å². The lowest BCUT2D eigenvalue weighted by atomic mass is 9.89. The second-order valence-corrected chi connectivity index (χ2v) is 7.01. The molecule has 0 bridgehead atoms. The maximum absolute atomic E-state index is 12.1. The van der Waals surface area contributed by atoms with Crippen molar-refractivity contribution in [2.45, 2.75) is 45.1 Å². The molecule has 1 fully saturated rings. The third-order valence-electron chi connectivity index (χ3n) is 4.05. The molecule has 2 rings (SSSR count). The smallest absolute Gasteiger partial charge is 0.410 e. The largest absolute Gasteiger partial charge is 0.507 e. The van der Waals surface area contributed by atoms with Gasteiger partial charge in [0.1, 0.15) is 16.9 Å². The number of likely N-dealkylation sites (tertiary alicyclic amines) is 1. The zero-order valence-corrected chi connectivity index (χ0v) is 14.7. The van der Waals surface area contributed by atoms with Gasteiger partial charge in [-0.2, -0.15) is 0 Å². The second-order valence-electron chi connectivity index (χ2n) is 7.01. The van der Waals surface area contributed by atoms with Crippen molar-refractivity contribution in [1.29, 1.82) is 0 Å². The average molecular weight is 335 g/mol. The molecule has 1 amide bonds. The molecule has 1 aliphatic rings. The Hall–Kier alpha value is -2.24. The summed E-state index contributed by atoms with van der Waals surface area (Å²) >= 11 is 0. The molecule has 0 spiro atoms. The van der Waals surface area contributed by atoms with Gasteiger partial charge < -0.3 is 19.5 Å². The van der Waals surface area contributed by atoms with E-state index in [0.717, 1.165) is 18.4 Å². The summed E-state index contributed by atoms with van der Waals surface area (Å²) in [5.74, 6) is -0.394. The molecule has 1 aromatic carbocycles. The highest BCUT2D eigenvalue weighted by molar-refractivity contribution is 5.92. The van der Waals surface area contributed by atoms with Crippen LogP contribution in [-0.2, 0) is 9.47 Å². The molecule has 6 nitrogen and oxygen atoms in total. The van der Waals surface area contributed by atoms with E-state index in [0.29, 0.717) is 13.1 Å².